The number of hydrogen-bond donors (Lipinski definition) is 1. The van der Waals surface area contributed by atoms with Gasteiger partial charge in [0, 0.05) is 6.04 Å². The molecule has 0 amide bonds. The van der Waals surface area contributed by atoms with E-state index in [1.54, 1.807) is 6.92 Å². The molecule has 0 aliphatic heterocycles. The van der Waals surface area contributed by atoms with Gasteiger partial charge in [-0.15, -0.1) is 0 Å². The standard InChI is InChI=1S/C16H18FNO2S/c1-11-6-8-13(9-7-11)16(18)12(2)21(19,20)15-5-3-4-14(17)10-15/h3-10,12,16H,18H2,1-2H3. The number of benzene rings is 2. The van der Waals surface area contributed by atoms with Gasteiger partial charge < -0.3 is 5.73 Å². The molecule has 2 N–H and O–H groups in total. The third-order valence-corrected chi connectivity index (χ3v) is 5.77. The van der Waals surface area contributed by atoms with Crippen LogP contribution in [0, 0.1) is 12.7 Å². The van der Waals surface area contributed by atoms with Gasteiger partial charge in [0.1, 0.15) is 5.82 Å². The Bertz CT molecular complexity index is 726. The quantitative estimate of drug-likeness (QED) is 0.944. The van der Waals surface area contributed by atoms with Gasteiger partial charge in [-0.25, -0.2) is 12.8 Å². The Morgan fingerprint density at radius 2 is 1.71 bits per heavy atom. The smallest absolute Gasteiger partial charge is 0.182 e. The van der Waals surface area contributed by atoms with Gasteiger partial charge in [-0.1, -0.05) is 35.9 Å². The van der Waals surface area contributed by atoms with Crippen molar-refractivity contribution in [1.29, 1.82) is 0 Å². The zero-order valence-electron chi connectivity index (χ0n) is 12.0. The average molecular weight is 307 g/mol. The highest BCUT2D eigenvalue weighted by Crippen LogP contribution is 2.25. The van der Waals surface area contributed by atoms with E-state index >= 15 is 0 Å². The van der Waals surface area contributed by atoms with Crippen LogP contribution < -0.4 is 5.73 Å². The molecule has 2 rings (SSSR count). The Morgan fingerprint density at radius 3 is 2.29 bits per heavy atom. The van der Waals surface area contributed by atoms with Crippen molar-refractivity contribution in [3.63, 3.8) is 0 Å². The molecule has 2 aromatic carbocycles. The van der Waals surface area contributed by atoms with Crippen LogP contribution in [-0.4, -0.2) is 13.7 Å². The molecule has 0 heterocycles. The Kier molecular flexibility index (Phi) is 4.44. The van der Waals surface area contributed by atoms with E-state index in [-0.39, 0.29) is 4.90 Å². The predicted octanol–water partition coefficient (Wildman–Crippen LogP) is 3.00. The number of aryl methyl sites for hydroxylation is 1. The lowest BCUT2D eigenvalue weighted by atomic mass is 10.0. The molecule has 2 aromatic rings. The molecule has 2 unspecified atom stereocenters. The van der Waals surface area contributed by atoms with E-state index in [9.17, 15) is 12.8 Å². The third kappa shape index (κ3) is 3.31. The van der Waals surface area contributed by atoms with E-state index in [1.807, 2.05) is 31.2 Å². The summed E-state index contributed by atoms with van der Waals surface area (Å²) < 4.78 is 38.3. The monoisotopic (exact) mass is 307 g/mol. The molecule has 21 heavy (non-hydrogen) atoms. The molecule has 0 aliphatic rings. The van der Waals surface area contributed by atoms with Gasteiger partial charge in [0.25, 0.3) is 0 Å². The molecule has 0 saturated carbocycles. The Hall–Kier alpha value is -1.72. The van der Waals surface area contributed by atoms with Crippen molar-refractivity contribution in [1.82, 2.24) is 0 Å². The Morgan fingerprint density at radius 1 is 1.10 bits per heavy atom. The maximum Gasteiger partial charge on any atom is 0.182 e. The summed E-state index contributed by atoms with van der Waals surface area (Å²) in [5, 5.41) is -0.845. The van der Waals surface area contributed by atoms with Crippen molar-refractivity contribution < 1.29 is 12.8 Å². The fraction of sp³-hybridized carbons (Fsp3) is 0.250. The molecule has 0 bridgehead atoms. The van der Waals surface area contributed by atoms with Gasteiger partial charge in [0.05, 0.1) is 10.1 Å². The fourth-order valence-electron chi connectivity index (χ4n) is 2.11. The van der Waals surface area contributed by atoms with Crippen LogP contribution in [0.5, 0.6) is 0 Å². The van der Waals surface area contributed by atoms with E-state index < -0.39 is 26.9 Å². The molecule has 0 aromatic heterocycles. The number of rotatable bonds is 4. The van der Waals surface area contributed by atoms with Crippen LogP contribution >= 0.6 is 0 Å². The zero-order chi connectivity index (χ0) is 15.6. The van der Waals surface area contributed by atoms with Gasteiger partial charge >= 0.3 is 0 Å². The minimum absolute atomic E-state index is 0.0439. The number of sulfone groups is 1. The maximum atomic E-state index is 13.2. The molecular formula is C16H18FNO2S. The molecule has 112 valence electrons. The first kappa shape index (κ1) is 15.7. The highest BCUT2D eigenvalue weighted by molar-refractivity contribution is 7.92. The van der Waals surface area contributed by atoms with Crippen LogP contribution in [0.25, 0.3) is 0 Å². The minimum Gasteiger partial charge on any atom is -0.323 e. The molecule has 0 saturated heterocycles. The highest BCUT2D eigenvalue weighted by atomic mass is 32.2. The first-order valence-electron chi connectivity index (χ1n) is 6.64. The van der Waals surface area contributed by atoms with Crippen molar-refractivity contribution in [2.24, 2.45) is 5.73 Å². The van der Waals surface area contributed by atoms with Crippen LogP contribution in [0.2, 0.25) is 0 Å². The van der Waals surface area contributed by atoms with E-state index in [1.165, 1.54) is 18.2 Å². The lowest BCUT2D eigenvalue weighted by Crippen LogP contribution is -2.31. The van der Waals surface area contributed by atoms with Crippen molar-refractivity contribution >= 4 is 9.84 Å². The van der Waals surface area contributed by atoms with Crippen molar-refractivity contribution in [3.8, 4) is 0 Å². The first-order valence-corrected chi connectivity index (χ1v) is 8.18. The van der Waals surface area contributed by atoms with E-state index in [2.05, 4.69) is 0 Å². The first-order chi connectivity index (χ1) is 9.82. The molecule has 3 nitrogen and oxygen atoms in total. The number of hydrogen-bond acceptors (Lipinski definition) is 3. The van der Waals surface area contributed by atoms with E-state index in [0.29, 0.717) is 0 Å². The molecule has 0 fully saturated rings. The largest absolute Gasteiger partial charge is 0.323 e. The van der Waals surface area contributed by atoms with Crippen LogP contribution in [-0.2, 0) is 9.84 Å². The van der Waals surface area contributed by atoms with Crippen LogP contribution in [0.4, 0.5) is 4.39 Å². The number of nitrogens with two attached hydrogens (primary N) is 1. The summed E-state index contributed by atoms with van der Waals surface area (Å²) in [6.07, 6.45) is 0. The summed E-state index contributed by atoms with van der Waals surface area (Å²) in [7, 11) is -3.68. The lowest BCUT2D eigenvalue weighted by Gasteiger charge is -2.21. The van der Waals surface area contributed by atoms with Crippen LogP contribution in [0.1, 0.15) is 24.1 Å². The van der Waals surface area contributed by atoms with E-state index in [4.69, 9.17) is 5.73 Å². The molecule has 2 atom stereocenters. The normalized spacial score (nSPS) is 14.7. The molecular weight excluding hydrogens is 289 g/mol. The highest BCUT2D eigenvalue weighted by Gasteiger charge is 2.29. The summed E-state index contributed by atoms with van der Waals surface area (Å²) >= 11 is 0. The van der Waals surface area contributed by atoms with E-state index in [0.717, 1.165) is 17.2 Å². The predicted molar refractivity (Wildman–Crippen MR) is 81.2 cm³/mol. The Balaban J connectivity index is 2.33. The fourth-order valence-corrected chi connectivity index (χ4v) is 3.63. The summed E-state index contributed by atoms with van der Waals surface area (Å²) in [5.74, 6) is -0.577. The van der Waals surface area contributed by atoms with Gasteiger partial charge in [0.2, 0.25) is 0 Å². The van der Waals surface area contributed by atoms with Gasteiger partial charge in [-0.2, -0.15) is 0 Å². The number of halogens is 1. The SMILES string of the molecule is Cc1ccc(C(N)C(C)S(=O)(=O)c2cccc(F)c2)cc1. The zero-order valence-corrected chi connectivity index (χ0v) is 12.8. The minimum atomic E-state index is -3.68. The second-order valence-corrected chi connectivity index (χ2v) is 7.45. The van der Waals surface area contributed by atoms with Crippen molar-refractivity contribution in [3.05, 3.63) is 65.5 Å². The van der Waals surface area contributed by atoms with Crippen molar-refractivity contribution in [2.75, 3.05) is 0 Å². The Labute approximate surface area is 124 Å². The average Bonchev–Trinajstić information content (AvgIpc) is 2.46. The van der Waals surface area contributed by atoms with Gasteiger partial charge in [-0.3, -0.25) is 0 Å². The summed E-state index contributed by atoms with van der Waals surface area (Å²) in [6.45, 7) is 3.49. The summed E-state index contributed by atoms with van der Waals surface area (Å²) in [6, 6.07) is 11.7. The topological polar surface area (TPSA) is 60.2 Å². The second-order valence-electron chi connectivity index (χ2n) is 5.14. The molecule has 0 radical (unpaired) electrons. The van der Waals surface area contributed by atoms with Crippen molar-refractivity contribution in [2.45, 2.75) is 30.0 Å². The van der Waals surface area contributed by atoms with Crippen LogP contribution in [0.3, 0.4) is 0 Å². The third-order valence-electron chi connectivity index (χ3n) is 3.58. The second kappa shape index (κ2) is 5.95. The summed E-state index contributed by atoms with van der Waals surface area (Å²) in [5.41, 5.74) is 7.90. The molecule has 0 aliphatic carbocycles. The lowest BCUT2D eigenvalue weighted by molar-refractivity contribution is 0.562. The van der Waals surface area contributed by atoms with Gasteiger partial charge in [0.15, 0.2) is 9.84 Å². The summed E-state index contributed by atoms with van der Waals surface area (Å²) in [4.78, 5) is -0.0439. The molecule has 5 heteroatoms. The van der Waals surface area contributed by atoms with Gasteiger partial charge in [-0.05, 0) is 37.6 Å². The molecule has 0 spiro atoms. The van der Waals surface area contributed by atoms with Crippen LogP contribution in [0.15, 0.2) is 53.4 Å². The maximum absolute atomic E-state index is 13.2.